The number of fused-ring (bicyclic) bond motifs is 6. The van der Waals surface area contributed by atoms with Gasteiger partial charge in [-0.15, -0.1) is 0 Å². The molecule has 9 aromatic rings. The molecule has 0 radical (unpaired) electrons. The second kappa shape index (κ2) is 11.8. The molecular weight excluding hydrogens is 619 g/mol. The van der Waals surface area contributed by atoms with E-state index in [0.717, 1.165) is 55.7 Å². The van der Waals surface area contributed by atoms with Crippen LogP contribution >= 0.6 is 0 Å². The molecule has 0 bridgehead atoms. The summed E-state index contributed by atoms with van der Waals surface area (Å²) in [6, 6.07) is 72.1. The van der Waals surface area contributed by atoms with Gasteiger partial charge in [-0.3, -0.25) is 0 Å². The third-order valence-corrected chi connectivity index (χ3v) is 10.5. The number of rotatable bonds is 6. The summed E-state index contributed by atoms with van der Waals surface area (Å²) in [7, 11) is 0. The molecule has 0 amide bonds. The minimum Gasteiger partial charge on any atom is -0.456 e. The zero-order valence-electron chi connectivity index (χ0n) is 27.9. The van der Waals surface area contributed by atoms with Gasteiger partial charge in [0.2, 0.25) is 0 Å². The van der Waals surface area contributed by atoms with Crippen molar-refractivity contribution in [3.8, 4) is 22.3 Å². The van der Waals surface area contributed by atoms with Gasteiger partial charge in [0.25, 0.3) is 0 Å². The second-order valence-electron chi connectivity index (χ2n) is 13.2. The molecule has 240 valence electrons. The van der Waals surface area contributed by atoms with E-state index in [-0.39, 0.29) is 0 Å². The Morgan fingerprint density at radius 2 is 0.941 bits per heavy atom. The summed E-state index contributed by atoms with van der Waals surface area (Å²) in [4.78, 5) is 2.43. The number of hydrogen-bond acceptors (Lipinski definition) is 2. The molecule has 0 unspecified atom stereocenters. The van der Waals surface area contributed by atoms with Crippen LogP contribution in [-0.2, 0) is 5.41 Å². The fourth-order valence-corrected chi connectivity index (χ4v) is 8.45. The van der Waals surface area contributed by atoms with Gasteiger partial charge in [-0.05, 0) is 75.3 Å². The lowest BCUT2D eigenvalue weighted by Crippen LogP contribution is -2.29. The summed E-state index contributed by atoms with van der Waals surface area (Å²) >= 11 is 0. The topological polar surface area (TPSA) is 16.4 Å². The Balaban J connectivity index is 1.37. The number of nitrogens with zero attached hydrogens (tertiary/aromatic N) is 1. The van der Waals surface area contributed by atoms with E-state index in [2.05, 4.69) is 205 Å². The molecule has 10 rings (SSSR count). The zero-order valence-corrected chi connectivity index (χ0v) is 27.9. The van der Waals surface area contributed by atoms with Crippen molar-refractivity contribution in [2.24, 2.45) is 0 Å². The maximum atomic E-state index is 6.86. The predicted molar refractivity (Wildman–Crippen MR) is 211 cm³/mol. The van der Waals surface area contributed by atoms with E-state index >= 15 is 0 Å². The molecule has 2 heteroatoms. The van der Waals surface area contributed by atoms with Gasteiger partial charge in [0, 0.05) is 16.6 Å². The molecule has 0 N–H and O–H groups in total. The maximum absolute atomic E-state index is 6.86. The van der Waals surface area contributed by atoms with Gasteiger partial charge in [0.05, 0.1) is 22.2 Å². The minimum absolute atomic E-state index is 0.586. The summed E-state index contributed by atoms with van der Waals surface area (Å²) < 4.78 is 6.86. The molecule has 0 saturated heterocycles. The second-order valence-corrected chi connectivity index (χ2v) is 13.2. The van der Waals surface area contributed by atoms with Crippen LogP contribution in [0.25, 0.3) is 44.2 Å². The third-order valence-electron chi connectivity index (χ3n) is 10.5. The number of para-hydroxylation sites is 3. The average Bonchev–Trinajstić information content (AvgIpc) is 3.73. The largest absolute Gasteiger partial charge is 0.456 e. The first-order valence-electron chi connectivity index (χ1n) is 17.5. The number of benzene rings is 8. The Kier molecular flexibility index (Phi) is 6.75. The van der Waals surface area contributed by atoms with E-state index < -0.39 is 5.41 Å². The van der Waals surface area contributed by atoms with Crippen LogP contribution in [0.1, 0.15) is 22.3 Å². The van der Waals surface area contributed by atoms with Crippen LogP contribution in [0.5, 0.6) is 0 Å². The fraction of sp³-hybridized carbons (Fsp3) is 0.0204. The van der Waals surface area contributed by atoms with Gasteiger partial charge >= 0.3 is 0 Å². The predicted octanol–water partition coefficient (Wildman–Crippen LogP) is 13.1. The van der Waals surface area contributed by atoms with E-state index in [9.17, 15) is 0 Å². The highest BCUT2D eigenvalue weighted by atomic mass is 16.3. The van der Waals surface area contributed by atoms with E-state index in [0.29, 0.717) is 0 Å². The van der Waals surface area contributed by atoms with Crippen molar-refractivity contribution in [2.45, 2.75) is 5.41 Å². The van der Waals surface area contributed by atoms with Crippen molar-refractivity contribution in [1.82, 2.24) is 0 Å². The molecule has 0 aliphatic heterocycles. The molecule has 0 saturated carbocycles. The lowest BCUT2D eigenvalue weighted by molar-refractivity contribution is 0.665. The smallest absolute Gasteiger partial charge is 0.137 e. The summed E-state index contributed by atoms with van der Waals surface area (Å²) in [6.07, 6.45) is 0. The third kappa shape index (κ3) is 4.43. The number of hydrogen-bond donors (Lipinski definition) is 0. The van der Waals surface area contributed by atoms with Crippen molar-refractivity contribution in [3.63, 3.8) is 0 Å². The lowest BCUT2D eigenvalue weighted by atomic mass is 9.67. The van der Waals surface area contributed by atoms with Crippen LogP contribution in [0.15, 0.2) is 205 Å². The van der Waals surface area contributed by atoms with Crippen LogP contribution in [0.2, 0.25) is 0 Å². The van der Waals surface area contributed by atoms with Crippen LogP contribution in [0, 0.1) is 0 Å². The van der Waals surface area contributed by atoms with Gasteiger partial charge in [0.1, 0.15) is 11.2 Å². The van der Waals surface area contributed by atoms with Crippen molar-refractivity contribution < 1.29 is 4.42 Å². The molecule has 1 aliphatic rings. The average molecular weight is 652 g/mol. The molecule has 8 aromatic carbocycles. The van der Waals surface area contributed by atoms with Gasteiger partial charge in [0.15, 0.2) is 0 Å². The first-order chi connectivity index (χ1) is 25.3. The van der Waals surface area contributed by atoms with Crippen molar-refractivity contribution in [1.29, 1.82) is 0 Å². The number of furan rings is 1. The molecule has 51 heavy (non-hydrogen) atoms. The van der Waals surface area contributed by atoms with Crippen LogP contribution in [0.4, 0.5) is 17.1 Å². The van der Waals surface area contributed by atoms with Gasteiger partial charge < -0.3 is 9.32 Å². The highest BCUT2D eigenvalue weighted by Gasteiger charge is 2.46. The molecule has 1 heterocycles. The van der Waals surface area contributed by atoms with Crippen molar-refractivity contribution >= 4 is 39.0 Å². The minimum atomic E-state index is -0.586. The van der Waals surface area contributed by atoms with Crippen LogP contribution in [-0.4, -0.2) is 0 Å². The lowest BCUT2D eigenvalue weighted by Gasteiger charge is -2.35. The van der Waals surface area contributed by atoms with E-state index in [1.54, 1.807) is 0 Å². The van der Waals surface area contributed by atoms with E-state index in [1.165, 1.54) is 27.8 Å². The molecule has 0 spiro atoms. The summed E-state index contributed by atoms with van der Waals surface area (Å²) in [5.74, 6) is 0. The summed E-state index contributed by atoms with van der Waals surface area (Å²) in [5.41, 5.74) is 14.2. The van der Waals surface area contributed by atoms with Gasteiger partial charge in [-0.2, -0.15) is 0 Å². The molecule has 0 fully saturated rings. The van der Waals surface area contributed by atoms with Gasteiger partial charge in [-0.25, -0.2) is 0 Å². The number of anilines is 3. The molecule has 1 aromatic heterocycles. The Morgan fingerprint density at radius 1 is 0.392 bits per heavy atom. The fourth-order valence-electron chi connectivity index (χ4n) is 8.45. The molecule has 1 aliphatic carbocycles. The molecule has 2 nitrogen and oxygen atoms in total. The normalized spacial score (nSPS) is 12.9. The Morgan fingerprint density at radius 3 is 1.65 bits per heavy atom. The zero-order chi connectivity index (χ0) is 33.8. The summed E-state index contributed by atoms with van der Waals surface area (Å²) in [5, 5.41) is 2.18. The molecular formula is C49H33NO. The van der Waals surface area contributed by atoms with E-state index in [1.807, 2.05) is 0 Å². The first kappa shape index (κ1) is 29.3. The maximum Gasteiger partial charge on any atom is 0.137 e. The standard InChI is InChI=1S/C49H33NO/c1-4-18-34(19-5-1)38-24-12-16-30-44(38)50(37-22-8-3-9-23-37)45-32-36(33-47-48(45)41-27-13-17-31-46(41)51-47)49(35-20-6-2-7-21-35)42-28-14-10-25-39(42)40-26-11-15-29-43(40)49/h1-33H. The van der Waals surface area contributed by atoms with Crippen molar-refractivity contribution in [2.75, 3.05) is 4.90 Å². The highest BCUT2D eigenvalue weighted by molar-refractivity contribution is 6.14. The monoisotopic (exact) mass is 651 g/mol. The first-order valence-corrected chi connectivity index (χ1v) is 17.5. The van der Waals surface area contributed by atoms with Crippen molar-refractivity contribution in [3.05, 3.63) is 222 Å². The van der Waals surface area contributed by atoms with Gasteiger partial charge in [-0.1, -0.05) is 164 Å². The van der Waals surface area contributed by atoms with Crippen LogP contribution in [0.3, 0.4) is 0 Å². The highest BCUT2D eigenvalue weighted by Crippen LogP contribution is 2.58. The summed E-state index contributed by atoms with van der Waals surface area (Å²) in [6.45, 7) is 0. The quantitative estimate of drug-likeness (QED) is 0.178. The SMILES string of the molecule is c1ccc(-c2ccccc2N(c2ccccc2)c2cc(C3(c4ccccc4)c4ccccc4-c4ccccc43)cc3oc4ccccc4c23)cc1. The Labute approximate surface area is 297 Å². The molecule has 0 atom stereocenters. The van der Waals surface area contributed by atoms with Crippen LogP contribution < -0.4 is 4.90 Å². The Bertz CT molecular complexity index is 2650. The Hall–Kier alpha value is -6.64. The van der Waals surface area contributed by atoms with E-state index in [4.69, 9.17) is 4.42 Å².